The highest BCUT2D eigenvalue weighted by Gasteiger charge is 2.38. The van der Waals surface area contributed by atoms with E-state index >= 15 is 0 Å². The highest BCUT2D eigenvalue weighted by atomic mass is 35.5. The van der Waals surface area contributed by atoms with E-state index < -0.39 is 18.6 Å². The Morgan fingerprint density at radius 2 is 1.50 bits per heavy atom. The summed E-state index contributed by atoms with van der Waals surface area (Å²) in [5.41, 5.74) is 0.403. The largest absolute Gasteiger partial charge is 0.496 e. The number of rotatable bonds is 6. The SMILES string of the molecule is COc1cc(OC)c([C@H](CC(F)(F)F)N2CCNCC2)c(OC)c1.Cl.Cl. The van der Waals surface area contributed by atoms with Crippen molar-refractivity contribution in [2.45, 2.75) is 18.6 Å². The summed E-state index contributed by atoms with van der Waals surface area (Å²) in [5, 5.41) is 3.15. The molecule has 0 unspecified atom stereocenters. The minimum absolute atomic E-state index is 0. The van der Waals surface area contributed by atoms with E-state index in [0.717, 1.165) is 0 Å². The van der Waals surface area contributed by atoms with E-state index in [1.54, 1.807) is 12.1 Å². The molecule has 1 N–H and O–H groups in total. The van der Waals surface area contributed by atoms with Crippen LogP contribution in [0, 0.1) is 0 Å². The zero-order chi connectivity index (χ0) is 17.7. The first-order chi connectivity index (χ1) is 11.4. The molecule has 0 radical (unpaired) electrons. The molecule has 1 saturated heterocycles. The number of hydrogen-bond acceptors (Lipinski definition) is 5. The molecule has 10 heteroatoms. The number of benzene rings is 1. The van der Waals surface area contributed by atoms with Gasteiger partial charge in [0, 0.05) is 38.3 Å². The molecule has 0 saturated carbocycles. The van der Waals surface area contributed by atoms with Gasteiger partial charge in [-0.05, 0) is 0 Å². The fraction of sp³-hybridized carbons (Fsp3) is 0.625. The maximum Gasteiger partial charge on any atom is 0.390 e. The fourth-order valence-corrected chi connectivity index (χ4v) is 2.99. The van der Waals surface area contributed by atoms with Crippen molar-refractivity contribution in [3.63, 3.8) is 0 Å². The van der Waals surface area contributed by atoms with Crippen LogP contribution in [0.25, 0.3) is 0 Å². The third kappa shape index (κ3) is 6.26. The molecule has 0 aromatic heterocycles. The van der Waals surface area contributed by atoms with Crippen molar-refractivity contribution in [2.75, 3.05) is 47.5 Å². The predicted octanol–water partition coefficient (Wildman–Crippen LogP) is 3.45. The zero-order valence-corrected chi connectivity index (χ0v) is 16.5. The fourth-order valence-electron chi connectivity index (χ4n) is 2.99. The number of nitrogens with zero attached hydrogens (tertiary/aromatic N) is 1. The molecule has 1 fully saturated rings. The molecule has 26 heavy (non-hydrogen) atoms. The van der Waals surface area contributed by atoms with Crippen LogP contribution in [0.2, 0.25) is 0 Å². The van der Waals surface area contributed by atoms with Gasteiger partial charge in [0.1, 0.15) is 17.2 Å². The molecule has 1 aliphatic rings. The molecule has 1 atom stereocenters. The lowest BCUT2D eigenvalue weighted by Crippen LogP contribution is -2.46. The smallest absolute Gasteiger partial charge is 0.390 e. The summed E-state index contributed by atoms with van der Waals surface area (Å²) in [5.74, 6) is 1.14. The average Bonchev–Trinajstić information content (AvgIpc) is 2.58. The first-order valence-electron chi connectivity index (χ1n) is 7.71. The number of halogens is 5. The molecule has 1 heterocycles. The quantitative estimate of drug-likeness (QED) is 0.763. The standard InChI is InChI=1S/C16H23F3N2O3.2ClH/c1-22-11-8-13(23-2)15(14(9-11)24-3)12(10-16(17,18)19)21-6-4-20-5-7-21;;/h8-9,12,20H,4-7,10H2,1-3H3;2*1H/t12-;;/m0../s1. The van der Waals surface area contributed by atoms with Crippen LogP contribution in [0.15, 0.2) is 12.1 Å². The van der Waals surface area contributed by atoms with Gasteiger partial charge < -0.3 is 19.5 Å². The van der Waals surface area contributed by atoms with Crippen LogP contribution < -0.4 is 19.5 Å². The van der Waals surface area contributed by atoms with Gasteiger partial charge in [-0.25, -0.2) is 0 Å². The molecule has 152 valence electrons. The summed E-state index contributed by atoms with van der Waals surface area (Å²) in [6, 6.07) is 2.30. The Kier molecular flexibility index (Phi) is 10.5. The molecule has 0 amide bonds. The third-order valence-electron chi connectivity index (χ3n) is 4.10. The van der Waals surface area contributed by atoms with E-state index in [-0.39, 0.29) is 24.8 Å². The first kappa shape index (κ1) is 24.9. The Bertz CT molecular complexity index is 531. The summed E-state index contributed by atoms with van der Waals surface area (Å²) in [6.07, 6.45) is -5.27. The Morgan fingerprint density at radius 1 is 1.00 bits per heavy atom. The number of methoxy groups -OCH3 is 3. The average molecular weight is 421 g/mol. The third-order valence-corrected chi connectivity index (χ3v) is 4.10. The van der Waals surface area contributed by atoms with Gasteiger partial charge in [-0.2, -0.15) is 13.2 Å². The lowest BCUT2D eigenvalue weighted by molar-refractivity contribution is -0.149. The Hall–Kier alpha value is -1.09. The van der Waals surface area contributed by atoms with Gasteiger partial charge in [-0.3, -0.25) is 4.90 Å². The van der Waals surface area contributed by atoms with Crippen LogP contribution in [0.3, 0.4) is 0 Å². The molecule has 0 bridgehead atoms. The first-order valence-corrected chi connectivity index (χ1v) is 7.71. The van der Waals surface area contributed by atoms with E-state index in [2.05, 4.69) is 5.32 Å². The van der Waals surface area contributed by atoms with E-state index in [4.69, 9.17) is 14.2 Å². The lowest BCUT2D eigenvalue weighted by Gasteiger charge is -2.36. The molecule has 0 spiro atoms. The van der Waals surface area contributed by atoms with Gasteiger partial charge in [0.25, 0.3) is 0 Å². The van der Waals surface area contributed by atoms with Crippen molar-refractivity contribution in [3.05, 3.63) is 17.7 Å². The summed E-state index contributed by atoms with van der Waals surface area (Å²) in [4.78, 5) is 1.82. The maximum absolute atomic E-state index is 13.2. The highest BCUT2D eigenvalue weighted by molar-refractivity contribution is 5.85. The van der Waals surface area contributed by atoms with E-state index in [1.165, 1.54) is 21.3 Å². The van der Waals surface area contributed by atoms with Crippen LogP contribution in [-0.2, 0) is 0 Å². The van der Waals surface area contributed by atoms with Gasteiger partial charge in [0.05, 0.1) is 39.4 Å². The second-order valence-electron chi connectivity index (χ2n) is 5.57. The number of hydrogen-bond donors (Lipinski definition) is 1. The predicted molar refractivity (Wildman–Crippen MR) is 98.4 cm³/mol. The van der Waals surface area contributed by atoms with Crippen molar-refractivity contribution < 1.29 is 27.4 Å². The summed E-state index contributed by atoms with van der Waals surface area (Å²) >= 11 is 0. The second-order valence-corrected chi connectivity index (χ2v) is 5.57. The normalized spacial score (nSPS) is 16.1. The lowest BCUT2D eigenvalue weighted by atomic mass is 9.98. The van der Waals surface area contributed by atoms with Crippen LogP contribution in [-0.4, -0.2) is 58.6 Å². The van der Waals surface area contributed by atoms with Crippen LogP contribution in [0.1, 0.15) is 18.0 Å². The van der Waals surface area contributed by atoms with Gasteiger partial charge in [-0.15, -0.1) is 24.8 Å². The van der Waals surface area contributed by atoms with Gasteiger partial charge in [-0.1, -0.05) is 0 Å². The molecular weight excluding hydrogens is 396 g/mol. The molecule has 2 rings (SSSR count). The monoisotopic (exact) mass is 420 g/mol. The number of alkyl halides is 3. The van der Waals surface area contributed by atoms with Gasteiger partial charge >= 0.3 is 6.18 Å². The molecular formula is C16H25Cl2F3N2O3. The molecule has 5 nitrogen and oxygen atoms in total. The minimum atomic E-state index is -4.30. The topological polar surface area (TPSA) is 43.0 Å². The van der Waals surface area contributed by atoms with Crippen molar-refractivity contribution in [3.8, 4) is 17.2 Å². The highest BCUT2D eigenvalue weighted by Crippen LogP contribution is 2.44. The van der Waals surface area contributed by atoms with Crippen molar-refractivity contribution in [1.29, 1.82) is 0 Å². The van der Waals surface area contributed by atoms with Crippen LogP contribution >= 0.6 is 24.8 Å². The van der Waals surface area contributed by atoms with Gasteiger partial charge in [0.2, 0.25) is 0 Å². The molecule has 1 aromatic rings. The van der Waals surface area contributed by atoms with Gasteiger partial charge in [0.15, 0.2) is 0 Å². The van der Waals surface area contributed by atoms with Crippen molar-refractivity contribution in [2.24, 2.45) is 0 Å². The number of nitrogens with one attached hydrogen (secondary N) is 1. The second kappa shape index (κ2) is 10.9. The summed E-state index contributed by atoms with van der Waals surface area (Å²) < 4.78 is 55.5. The Labute approximate surface area is 164 Å². The minimum Gasteiger partial charge on any atom is -0.496 e. The number of ether oxygens (including phenoxy) is 3. The molecule has 1 aromatic carbocycles. The Morgan fingerprint density at radius 3 is 1.88 bits per heavy atom. The molecule has 0 aliphatic carbocycles. The molecule has 1 aliphatic heterocycles. The van der Waals surface area contributed by atoms with E-state index in [9.17, 15) is 13.2 Å². The maximum atomic E-state index is 13.2. The van der Waals surface area contributed by atoms with Crippen LogP contribution in [0.4, 0.5) is 13.2 Å². The Balaban J connectivity index is 0.00000312. The van der Waals surface area contributed by atoms with Crippen molar-refractivity contribution >= 4 is 24.8 Å². The van der Waals surface area contributed by atoms with E-state index in [1.807, 2.05) is 4.90 Å². The summed E-state index contributed by atoms with van der Waals surface area (Å²) in [6.45, 7) is 2.35. The van der Waals surface area contributed by atoms with Crippen molar-refractivity contribution in [1.82, 2.24) is 10.2 Å². The number of piperazine rings is 1. The zero-order valence-electron chi connectivity index (χ0n) is 14.9. The van der Waals surface area contributed by atoms with Crippen LogP contribution in [0.5, 0.6) is 17.2 Å². The summed E-state index contributed by atoms with van der Waals surface area (Å²) in [7, 11) is 4.34. The van der Waals surface area contributed by atoms with E-state index in [0.29, 0.717) is 49.0 Å².